The number of amides is 1. The van der Waals surface area contributed by atoms with Crippen molar-refractivity contribution in [3.8, 4) is 5.75 Å². The summed E-state index contributed by atoms with van der Waals surface area (Å²) < 4.78 is 0. The van der Waals surface area contributed by atoms with E-state index >= 15 is 0 Å². The molecule has 4 N–H and O–H groups in total. The average molecular weight is 266 g/mol. The van der Waals surface area contributed by atoms with Crippen LogP contribution in [-0.2, 0) is 16.0 Å². The van der Waals surface area contributed by atoms with Crippen molar-refractivity contribution in [3.05, 3.63) is 29.8 Å². The molecule has 1 amide bonds. The number of phenols is 1. The molecule has 6 heteroatoms. The summed E-state index contributed by atoms with van der Waals surface area (Å²) in [5.41, 5.74) is 6.58. The molecule has 0 fully saturated rings. The van der Waals surface area contributed by atoms with Gasteiger partial charge in [0.05, 0.1) is 6.04 Å². The van der Waals surface area contributed by atoms with Gasteiger partial charge in [0, 0.05) is 7.05 Å². The summed E-state index contributed by atoms with van der Waals surface area (Å²) in [4.78, 5) is 23.9. The summed E-state index contributed by atoms with van der Waals surface area (Å²) in [6.45, 7) is 1.42. The van der Waals surface area contributed by atoms with Crippen molar-refractivity contribution >= 4 is 11.9 Å². The van der Waals surface area contributed by atoms with Gasteiger partial charge in [0.1, 0.15) is 11.8 Å². The van der Waals surface area contributed by atoms with Gasteiger partial charge in [-0.3, -0.25) is 4.79 Å². The first kappa shape index (κ1) is 15.0. The molecule has 0 radical (unpaired) electrons. The fourth-order valence-electron chi connectivity index (χ4n) is 1.59. The summed E-state index contributed by atoms with van der Waals surface area (Å²) in [6.07, 6.45) is 0.287. The van der Waals surface area contributed by atoms with Gasteiger partial charge in [-0.05, 0) is 31.0 Å². The van der Waals surface area contributed by atoms with Crippen LogP contribution in [0.15, 0.2) is 24.3 Å². The lowest BCUT2D eigenvalue weighted by Crippen LogP contribution is -2.49. The number of benzene rings is 1. The molecule has 0 saturated carbocycles. The summed E-state index contributed by atoms with van der Waals surface area (Å²) in [6, 6.07) is 4.63. The molecule has 0 bridgehead atoms. The predicted octanol–water partition coefficient (Wildman–Crippen LogP) is 0.194. The Hall–Kier alpha value is -2.08. The zero-order valence-electron chi connectivity index (χ0n) is 10.9. The van der Waals surface area contributed by atoms with E-state index in [0.29, 0.717) is 0 Å². The first-order valence-corrected chi connectivity index (χ1v) is 5.86. The Balaban J connectivity index is 2.67. The van der Waals surface area contributed by atoms with E-state index in [-0.39, 0.29) is 12.2 Å². The maximum absolute atomic E-state index is 11.9. The highest BCUT2D eigenvalue weighted by atomic mass is 16.4. The lowest BCUT2D eigenvalue weighted by molar-refractivity contribution is -0.148. The third-order valence-electron chi connectivity index (χ3n) is 3.00. The van der Waals surface area contributed by atoms with Gasteiger partial charge < -0.3 is 20.8 Å². The Morgan fingerprint density at radius 1 is 1.32 bits per heavy atom. The number of carbonyl (C=O) groups is 2. The van der Waals surface area contributed by atoms with Gasteiger partial charge >= 0.3 is 5.97 Å². The van der Waals surface area contributed by atoms with Gasteiger partial charge in [-0.15, -0.1) is 0 Å². The van der Waals surface area contributed by atoms with Crippen LogP contribution in [0.5, 0.6) is 5.75 Å². The highest BCUT2D eigenvalue weighted by Crippen LogP contribution is 2.11. The third kappa shape index (κ3) is 3.96. The molecule has 0 aromatic heterocycles. The van der Waals surface area contributed by atoms with Crippen molar-refractivity contribution in [1.29, 1.82) is 0 Å². The molecule has 0 spiro atoms. The van der Waals surface area contributed by atoms with Crippen LogP contribution in [-0.4, -0.2) is 46.1 Å². The van der Waals surface area contributed by atoms with Crippen molar-refractivity contribution in [2.45, 2.75) is 25.4 Å². The van der Waals surface area contributed by atoms with Gasteiger partial charge in [0.25, 0.3) is 0 Å². The Morgan fingerprint density at radius 2 is 1.84 bits per heavy atom. The Morgan fingerprint density at radius 3 is 2.32 bits per heavy atom. The van der Waals surface area contributed by atoms with Crippen molar-refractivity contribution < 1.29 is 19.8 Å². The molecule has 1 rings (SSSR count). The molecule has 104 valence electrons. The summed E-state index contributed by atoms with van der Waals surface area (Å²) >= 11 is 0. The van der Waals surface area contributed by atoms with Gasteiger partial charge in [-0.2, -0.15) is 0 Å². The van der Waals surface area contributed by atoms with Crippen molar-refractivity contribution in [1.82, 2.24) is 4.90 Å². The lowest BCUT2D eigenvalue weighted by atomic mass is 10.0. The highest BCUT2D eigenvalue weighted by Gasteiger charge is 2.25. The lowest BCUT2D eigenvalue weighted by Gasteiger charge is -2.24. The molecule has 0 aliphatic heterocycles. The van der Waals surface area contributed by atoms with E-state index in [1.165, 1.54) is 26.1 Å². The molecule has 0 saturated heterocycles. The second-order valence-electron chi connectivity index (χ2n) is 4.44. The van der Waals surface area contributed by atoms with Crippen LogP contribution in [0.1, 0.15) is 12.5 Å². The van der Waals surface area contributed by atoms with Crippen molar-refractivity contribution in [2.24, 2.45) is 5.73 Å². The third-order valence-corrected chi connectivity index (χ3v) is 3.00. The molecule has 0 unspecified atom stereocenters. The monoisotopic (exact) mass is 266 g/mol. The highest BCUT2D eigenvalue weighted by molar-refractivity contribution is 5.86. The number of rotatable bonds is 5. The summed E-state index contributed by atoms with van der Waals surface area (Å²) in [5, 5.41) is 18.0. The zero-order chi connectivity index (χ0) is 14.6. The fraction of sp³-hybridized carbons (Fsp3) is 0.385. The van der Waals surface area contributed by atoms with E-state index in [1.807, 2.05) is 0 Å². The molecule has 2 atom stereocenters. The molecular formula is C13H18N2O4. The largest absolute Gasteiger partial charge is 0.508 e. The van der Waals surface area contributed by atoms with E-state index in [2.05, 4.69) is 0 Å². The Kier molecular flexibility index (Phi) is 4.88. The van der Waals surface area contributed by atoms with Gasteiger partial charge in [0.2, 0.25) is 5.91 Å². The first-order chi connectivity index (χ1) is 8.82. The van der Waals surface area contributed by atoms with E-state index in [0.717, 1.165) is 10.5 Å². The molecule has 1 aromatic rings. The topological polar surface area (TPSA) is 104 Å². The van der Waals surface area contributed by atoms with Gasteiger partial charge in [0.15, 0.2) is 0 Å². The van der Waals surface area contributed by atoms with E-state index < -0.39 is 24.0 Å². The van der Waals surface area contributed by atoms with E-state index in [9.17, 15) is 9.59 Å². The molecular weight excluding hydrogens is 248 g/mol. The molecule has 1 aromatic carbocycles. The quantitative estimate of drug-likeness (QED) is 0.706. The van der Waals surface area contributed by atoms with Gasteiger partial charge in [-0.1, -0.05) is 12.1 Å². The summed E-state index contributed by atoms with van der Waals surface area (Å²) in [7, 11) is 1.41. The number of likely N-dealkylation sites (N-methyl/N-ethyl adjacent to an activating group) is 1. The van der Waals surface area contributed by atoms with E-state index in [1.54, 1.807) is 12.1 Å². The van der Waals surface area contributed by atoms with Crippen LogP contribution in [0, 0.1) is 0 Å². The van der Waals surface area contributed by atoms with Crippen molar-refractivity contribution in [2.75, 3.05) is 7.05 Å². The number of carboxylic acid groups (broad SMARTS) is 1. The maximum Gasteiger partial charge on any atom is 0.326 e. The van der Waals surface area contributed by atoms with Crippen LogP contribution >= 0.6 is 0 Å². The number of phenolic OH excluding ortho intramolecular Hbond substituents is 1. The second-order valence-corrected chi connectivity index (χ2v) is 4.44. The van der Waals surface area contributed by atoms with Crippen LogP contribution in [0.2, 0.25) is 0 Å². The number of aliphatic carboxylic acids is 1. The molecule has 6 nitrogen and oxygen atoms in total. The number of hydrogen-bond donors (Lipinski definition) is 3. The van der Waals surface area contributed by atoms with Crippen LogP contribution < -0.4 is 5.73 Å². The number of carboxylic acids is 1. The molecule has 0 aliphatic rings. The Bertz CT molecular complexity index is 458. The molecule has 0 heterocycles. The van der Waals surface area contributed by atoms with Crippen LogP contribution in [0.25, 0.3) is 0 Å². The Labute approximate surface area is 111 Å². The maximum atomic E-state index is 11.9. The number of aromatic hydroxyl groups is 1. The van der Waals surface area contributed by atoms with Crippen LogP contribution in [0.3, 0.4) is 0 Å². The minimum atomic E-state index is -1.08. The SMILES string of the molecule is C[C@H](C(=O)O)N(C)C(=O)[C@@H](N)Cc1ccc(O)cc1. The second kappa shape index (κ2) is 6.19. The number of hydrogen-bond acceptors (Lipinski definition) is 4. The minimum absolute atomic E-state index is 0.139. The van der Waals surface area contributed by atoms with Gasteiger partial charge in [-0.25, -0.2) is 4.79 Å². The normalized spacial score (nSPS) is 13.6. The number of nitrogens with zero attached hydrogens (tertiary/aromatic N) is 1. The predicted molar refractivity (Wildman–Crippen MR) is 69.7 cm³/mol. The van der Waals surface area contributed by atoms with E-state index in [4.69, 9.17) is 15.9 Å². The minimum Gasteiger partial charge on any atom is -0.508 e. The first-order valence-electron chi connectivity index (χ1n) is 5.86. The average Bonchev–Trinajstić information content (AvgIpc) is 2.38. The fourth-order valence-corrected chi connectivity index (χ4v) is 1.59. The summed E-state index contributed by atoms with van der Waals surface area (Å²) in [5.74, 6) is -1.36. The zero-order valence-corrected chi connectivity index (χ0v) is 10.9. The standard InChI is InChI=1S/C13H18N2O4/c1-8(13(18)19)15(2)12(17)11(14)7-9-3-5-10(16)6-4-9/h3-6,8,11,16H,7,14H2,1-2H3,(H,18,19)/t8-,11+/m1/s1. The number of carbonyl (C=O) groups excluding carboxylic acids is 1. The molecule has 19 heavy (non-hydrogen) atoms. The molecule has 0 aliphatic carbocycles. The van der Waals surface area contributed by atoms with Crippen LogP contribution in [0.4, 0.5) is 0 Å². The van der Waals surface area contributed by atoms with Crippen molar-refractivity contribution in [3.63, 3.8) is 0 Å². The number of nitrogens with two attached hydrogens (primary N) is 1. The smallest absolute Gasteiger partial charge is 0.326 e.